The SMILES string of the molecule is CC.CC(C)N.CCC.O=c1[nH]oc2ccccc12. The molecule has 3 N–H and O–H groups in total. The van der Waals surface area contributed by atoms with E-state index in [9.17, 15) is 4.79 Å². The molecule has 0 unspecified atom stereocenters. The van der Waals surface area contributed by atoms with Crippen LogP contribution in [-0.4, -0.2) is 11.2 Å². The van der Waals surface area contributed by atoms with E-state index in [4.69, 9.17) is 10.3 Å². The van der Waals surface area contributed by atoms with Crippen LogP contribution in [0.25, 0.3) is 11.0 Å². The first kappa shape index (κ1) is 19.8. The summed E-state index contributed by atoms with van der Waals surface area (Å²) in [5, 5.41) is 2.85. The Morgan fingerprint density at radius 3 is 2.05 bits per heavy atom. The molecule has 1 aromatic carbocycles. The normalized spacial score (nSPS) is 8.63. The molecule has 0 amide bonds. The highest BCUT2D eigenvalue weighted by molar-refractivity contribution is 5.75. The van der Waals surface area contributed by atoms with E-state index >= 15 is 0 Å². The highest BCUT2D eigenvalue weighted by atomic mass is 16.5. The number of aromatic nitrogens is 1. The van der Waals surface area contributed by atoms with E-state index in [0.717, 1.165) is 0 Å². The summed E-state index contributed by atoms with van der Waals surface area (Å²) in [5.41, 5.74) is 5.54. The Morgan fingerprint density at radius 2 is 1.63 bits per heavy atom. The smallest absolute Gasteiger partial charge is 0.287 e. The summed E-state index contributed by atoms with van der Waals surface area (Å²) in [6.07, 6.45) is 1.25. The molecule has 0 spiro atoms. The Kier molecular flexibility index (Phi) is 13.4. The number of fused-ring (bicyclic) bond motifs is 1. The Bertz CT molecular complexity index is 455. The van der Waals surface area contributed by atoms with Crippen molar-refractivity contribution in [1.82, 2.24) is 5.16 Å². The maximum atomic E-state index is 10.8. The second kappa shape index (κ2) is 12.9. The van der Waals surface area contributed by atoms with Crippen molar-refractivity contribution in [3.8, 4) is 0 Å². The van der Waals surface area contributed by atoms with Crippen LogP contribution < -0.4 is 11.3 Å². The molecule has 1 aromatic heterocycles. The van der Waals surface area contributed by atoms with Crippen LogP contribution in [0.4, 0.5) is 0 Å². The van der Waals surface area contributed by atoms with Crippen molar-refractivity contribution in [3.05, 3.63) is 34.6 Å². The first-order valence-electron chi connectivity index (χ1n) is 6.84. The molecule has 0 aliphatic carbocycles. The van der Waals surface area contributed by atoms with Gasteiger partial charge >= 0.3 is 0 Å². The fraction of sp³-hybridized carbons (Fsp3) is 0.533. The van der Waals surface area contributed by atoms with Gasteiger partial charge in [0.2, 0.25) is 0 Å². The van der Waals surface area contributed by atoms with Crippen molar-refractivity contribution in [2.75, 3.05) is 0 Å². The fourth-order valence-corrected chi connectivity index (χ4v) is 0.900. The lowest BCUT2D eigenvalue weighted by Crippen LogP contribution is -2.06. The molecular weight excluding hydrogens is 240 g/mol. The molecular formula is C15H28N2O2. The standard InChI is InChI=1S/C7H5NO2.C3H9N.C3H8.C2H6/c9-7-5-3-1-2-4-6(5)10-8-7;1-3(2)4;1-3-2;1-2/h1-4H,(H,8,9);3H,4H2,1-2H3;3H2,1-2H3;1-2H3. The molecule has 2 aromatic rings. The Hall–Kier alpha value is -1.55. The highest BCUT2D eigenvalue weighted by Crippen LogP contribution is 2.05. The van der Waals surface area contributed by atoms with Crippen molar-refractivity contribution in [2.24, 2.45) is 5.73 Å². The summed E-state index contributed by atoms with van der Waals surface area (Å²) in [6.45, 7) is 12.1. The predicted octanol–water partition coefficient (Wildman–Crippen LogP) is 3.92. The van der Waals surface area contributed by atoms with Gasteiger partial charge in [-0.2, -0.15) is 5.16 Å². The minimum absolute atomic E-state index is 0.171. The quantitative estimate of drug-likeness (QED) is 0.760. The molecule has 0 aliphatic rings. The number of nitrogens with one attached hydrogen (secondary N) is 1. The summed E-state index contributed by atoms with van der Waals surface area (Å²) in [4.78, 5) is 10.8. The zero-order valence-corrected chi connectivity index (χ0v) is 13.0. The van der Waals surface area contributed by atoms with Gasteiger partial charge in [0.05, 0.1) is 5.39 Å². The van der Waals surface area contributed by atoms with Gasteiger partial charge in [-0.05, 0) is 18.2 Å². The average Bonchev–Trinajstić information content (AvgIpc) is 2.75. The average molecular weight is 268 g/mol. The monoisotopic (exact) mass is 268 g/mol. The fourth-order valence-electron chi connectivity index (χ4n) is 0.900. The molecule has 2 rings (SSSR count). The van der Waals surface area contributed by atoms with Crippen LogP contribution in [0, 0.1) is 0 Å². The summed E-state index contributed by atoms with van der Waals surface area (Å²) in [7, 11) is 0. The lowest BCUT2D eigenvalue weighted by molar-refractivity contribution is 0.449. The molecule has 4 heteroatoms. The van der Waals surface area contributed by atoms with E-state index < -0.39 is 0 Å². The van der Waals surface area contributed by atoms with Gasteiger partial charge in [0, 0.05) is 0 Å². The van der Waals surface area contributed by atoms with E-state index in [0.29, 0.717) is 17.0 Å². The second-order valence-electron chi connectivity index (χ2n) is 3.98. The van der Waals surface area contributed by atoms with Crippen LogP contribution in [0.3, 0.4) is 0 Å². The van der Waals surface area contributed by atoms with Crippen molar-refractivity contribution in [1.29, 1.82) is 0 Å². The molecule has 4 nitrogen and oxygen atoms in total. The molecule has 0 saturated carbocycles. The Balaban J connectivity index is 0. The van der Waals surface area contributed by atoms with Gasteiger partial charge in [-0.15, -0.1) is 0 Å². The summed E-state index contributed by atoms with van der Waals surface area (Å²) in [5.74, 6) is 0. The number of H-pyrrole nitrogens is 1. The number of aromatic amines is 1. The van der Waals surface area contributed by atoms with Gasteiger partial charge in [-0.3, -0.25) is 4.79 Å². The third-order valence-electron chi connectivity index (χ3n) is 1.39. The molecule has 0 aliphatic heterocycles. The summed E-state index contributed by atoms with van der Waals surface area (Å²) >= 11 is 0. The zero-order chi connectivity index (χ0) is 15.3. The number of benzene rings is 1. The minimum atomic E-state index is -0.171. The van der Waals surface area contributed by atoms with E-state index in [1.54, 1.807) is 18.2 Å². The van der Waals surface area contributed by atoms with Crippen LogP contribution in [-0.2, 0) is 0 Å². The first-order chi connectivity index (χ1) is 9.02. The van der Waals surface area contributed by atoms with E-state index in [-0.39, 0.29) is 5.56 Å². The number of para-hydroxylation sites is 1. The van der Waals surface area contributed by atoms with E-state index in [1.807, 2.05) is 33.8 Å². The van der Waals surface area contributed by atoms with Gasteiger partial charge in [-0.1, -0.05) is 60.1 Å². The highest BCUT2D eigenvalue weighted by Gasteiger charge is 1.98. The van der Waals surface area contributed by atoms with Crippen LogP contribution in [0.1, 0.15) is 48.0 Å². The van der Waals surface area contributed by atoms with E-state index in [1.165, 1.54) is 6.42 Å². The molecule has 110 valence electrons. The molecule has 0 radical (unpaired) electrons. The molecule has 0 fully saturated rings. The van der Waals surface area contributed by atoms with Crippen molar-refractivity contribution in [3.63, 3.8) is 0 Å². The van der Waals surface area contributed by atoms with Crippen LogP contribution >= 0.6 is 0 Å². The van der Waals surface area contributed by atoms with Crippen molar-refractivity contribution < 1.29 is 4.52 Å². The summed E-state index contributed by atoms with van der Waals surface area (Å²) in [6, 6.07) is 7.41. The van der Waals surface area contributed by atoms with E-state index in [2.05, 4.69) is 19.0 Å². The minimum Gasteiger partial charge on any atom is -0.378 e. The summed E-state index contributed by atoms with van der Waals surface area (Å²) < 4.78 is 4.81. The maximum Gasteiger partial charge on any atom is 0.287 e. The third kappa shape index (κ3) is 10.1. The van der Waals surface area contributed by atoms with Gasteiger partial charge in [0.1, 0.15) is 0 Å². The number of nitrogens with two attached hydrogens (primary N) is 1. The van der Waals surface area contributed by atoms with Crippen LogP contribution in [0.5, 0.6) is 0 Å². The lowest BCUT2D eigenvalue weighted by Gasteiger charge is -1.81. The lowest BCUT2D eigenvalue weighted by atomic mass is 10.3. The predicted molar refractivity (Wildman–Crippen MR) is 83.5 cm³/mol. The largest absolute Gasteiger partial charge is 0.378 e. The second-order valence-corrected chi connectivity index (χ2v) is 3.98. The third-order valence-corrected chi connectivity index (χ3v) is 1.39. The molecule has 0 atom stereocenters. The van der Waals surface area contributed by atoms with Gasteiger partial charge in [0.25, 0.3) is 5.56 Å². The van der Waals surface area contributed by atoms with Gasteiger partial charge in [-0.25, -0.2) is 0 Å². The van der Waals surface area contributed by atoms with Gasteiger partial charge < -0.3 is 10.3 Å². The van der Waals surface area contributed by atoms with Crippen molar-refractivity contribution in [2.45, 2.75) is 54.0 Å². The zero-order valence-electron chi connectivity index (χ0n) is 13.0. The van der Waals surface area contributed by atoms with Gasteiger partial charge in [0.15, 0.2) is 5.58 Å². The molecule has 1 heterocycles. The first-order valence-corrected chi connectivity index (χ1v) is 6.84. The number of hydrogen-bond acceptors (Lipinski definition) is 3. The topological polar surface area (TPSA) is 72.0 Å². The van der Waals surface area contributed by atoms with Crippen LogP contribution in [0.2, 0.25) is 0 Å². The Morgan fingerprint density at radius 1 is 1.21 bits per heavy atom. The molecule has 0 saturated heterocycles. The number of rotatable bonds is 0. The van der Waals surface area contributed by atoms with Crippen LogP contribution in [0.15, 0.2) is 33.6 Å². The molecule has 0 bridgehead atoms. The molecule has 19 heavy (non-hydrogen) atoms. The maximum absolute atomic E-state index is 10.8. The number of hydrogen-bond donors (Lipinski definition) is 2. The Labute approximate surface area is 116 Å². The van der Waals surface area contributed by atoms with Crippen molar-refractivity contribution >= 4 is 11.0 Å².